The van der Waals surface area contributed by atoms with Crippen molar-refractivity contribution in [1.29, 1.82) is 0 Å². The minimum Gasteiger partial charge on any atom is -0.478 e. The fraction of sp³-hybridized carbons (Fsp3) is 0.273. The second kappa shape index (κ2) is 4.09. The summed E-state index contributed by atoms with van der Waals surface area (Å²) in [6, 6.07) is 3.87. The molecule has 0 saturated carbocycles. The second-order valence-electron chi connectivity index (χ2n) is 3.88. The molecule has 1 aliphatic heterocycles. The highest BCUT2D eigenvalue weighted by Gasteiger charge is 2.34. The van der Waals surface area contributed by atoms with E-state index in [1.807, 2.05) is 0 Å². The van der Waals surface area contributed by atoms with E-state index in [1.165, 1.54) is 18.2 Å². The van der Waals surface area contributed by atoms with Gasteiger partial charge in [-0.25, -0.2) is 13.2 Å². The van der Waals surface area contributed by atoms with E-state index in [2.05, 4.69) is 0 Å². The van der Waals surface area contributed by atoms with Crippen molar-refractivity contribution in [3.63, 3.8) is 0 Å². The van der Waals surface area contributed by atoms with Gasteiger partial charge in [-0.15, -0.1) is 0 Å². The topological polar surface area (TPSA) is 91.8 Å². The molecule has 1 heterocycles. The molecule has 0 spiro atoms. The van der Waals surface area contributed by atoms with Crippen molar-refractivity contribution < 1.29 is 23.1 Å². The lowest BCUT2D eigenvalue weighted by Crippen LogP contribution is -2.40. The summed E-state index contributed by atoms with van der Waals surface area (Å²) in [5.74, 6) is -2.24. The lowest BCUT2D eigenvalue weighted by molar-refractivity contribution is 0.0696. The summed E-state index contributed by atoms with van der Waals surface area (Å²) in [5.41, 5.74) is 0.349. The van der Waals surface area contributed by atoms with Crippen LogP contribution >= 0.6 is 0 Å². The number of sulfonamides is 1. The van der Waals surface area contributed by atoms with Crippen LogP contribution in [0.5, 0.6) is 0 Å². The van der Waals surface area contributed by atoms with Gasteiger partial charge < -0.3 is 5.11 Å². The summed E-state index contributed by atoms with van der Waals surface area (Å²) >= 11 is 0. The highest BCUT2D eigenvalue weighted by Crippen LogP contribution is 2.30. The van der Waals surface area contributed by atoms with Gasteiger partial charge in [0.05, 0.1) is 11.3 Å². The van der Waals surface area contributed by atoms with Crippen LogP contribution in [0, 0.1) is 0 Å². The van der Waals surface area contributed by atoms with Gasteiger partial charge in [-0.05, 0) is 25.1 Å². The molecule has 0 aliphatic carbocycles. The van der Waals surface area contributed by atoms with Gasteiger partial charge in [0.1, 0.15) is 5.75 Å². The minimum atomic E-state index is -3.69. The van der Waals surface area contributed by atoms with Gasteiger partial charge in [-0.1, -0.05) is 0 Å². The van der Waals surface area contributed by atoms with Gasteiger partial charge in [0, 0.05) is 12.1 Å². The van der Waals surface area contributed by atoms with Crippen LogP contribution in [0.2, 0.25) is 0 Å². The molecule has 0 amide bonds. The van der Waals surface area contributed by atoms with E-state index in [0.29, 0.717) is 0 Å². The number of carboxylic acid groups (broad SMARTS) is 1. The Bertz CT molecular complexity index is 635. The maximum absolute atomic E-state index is 11.8. The smallest absolute Gasteiger partial charge is 0.335 e. The molecule has 1 aliphatic rings. The van der Waals surface area contributed by atoms with Crippen molar-refractivity contribution in [3.8, 4) is 0 Å². The molecule has 6 nitrogen and oxygen atoms in total. The van der Waals surface area contributed by atoms with Crippen LogP contribution in [-0.2, 0) is 10.0 Å². The molecule has 1 aromatic carbocycles. The van der Waals surface area contributed by atoms with Crippen LogP contribution in [0.15, 0.2) is 18.2 Å². The zero-order chi connectivity index (χ0) is 13.5. The molecular formula is C11H11NO5S. The lowest BCUT2D eigenvalue weighted by Gasteiger charge is -2.28. The molecule has 1 aromatic rings. The molecule has 0 bridgehead atoms. The van der Waals surface area contributed by atoms with Gasteiger partial charge in [0.2, 0.25) is 10.0 Å². The third-order valence-electron chi connectivity index (χ3n) is 2.75. The monoisotopic (exact) mass is 269 g/mol. The number of carbonyl (C=O) groups is 2. The number of nitrogens with zero attached hydrogens (tertiary/aromatic N) is 1. The number of benzene rings is 1. The lowest BCUT2D eigenvalue weighted by atomic mass is 10.1. The summed E-state index contributed by atoms with van der Waals surface area (Å²) in [4.78, 5) is 22.6. The Hall–Kier alpha value is -1.89. The first-order valence-electron chi connectivity index (χ1n) is 5.27. The Labute approximate surface area is 104 Å². The maximum atomic E-state index is 11.8. The largest absolute Gasteiger partial charge is 0.478 e. The van der Waals surface area contributed by atoms with Crippen LogP contribution in [0.3, 0.4) is 0 Å². The summed E-state index contributed by atoms with van der Waals surface area (Å²) < 4.78 is 24.7. The predicted octanol–water partition coefficient (Wildman–Crippen LogP) is 0.737. The zero-order valence-electron chi connectivity index (χ0n) is 9.58. The SMILES string of the molecule is CCN1c2cc(C(=O)O)ccc2C(=O)CS1(=O)=O. The Morgan fingerprint density at radius 1 is 1.44 bits per heavy atom. The number of Topliss-reactive ketones (excluding diaryl/α,β-unsaturated/α-hetero) is 1. The fourth-order valence-corrected chi connectivity index (χ4v) is 3.43. The van der Waals surface area contributed by atoms with Gasteiger partial charge in [0.25, 0.3) is 0 Å². The summed E-state index contributed by atoms with van der Waals surface area (Å²) in [5, 5.41) is 8.89. The highest BCUT2D eigenvalue weighted by molar-refractivity contribution is 7.93. The minimum absolute atomic E-state index is 0.0444. The van der Waals surface area contributed by atoms with Gasteiger partial charge >= 0.3 is 5.97 Å². The van der Waals surface area contributed by atoms with E-state index in [0.717, 1.165) is 4.31 Å². The molecule has 0 saturated heterocycles. The van der Waals surface area contributed by atoms with E-state index in [9.17, 15) is 18.0 Å². The number of anilines is 1. The number of rotatable bonds is 2. The number of carboxylic acids is 1. The molecular weight excluding hydrogens is 258 g/mol. The summed E-state index contributed by atoms with van der Waals surface area (Å²) in [6.45, 7) is 1.79. The molecule has 18 heavy (non-hydrogen) atoms. The van der Waals surface area contributed by atoms with Crippen LogP contribution < -0.4 is 4.31 Å². The molecule has 96 valence electrons. The van der Waals surface area contributed by atoms with Crippen molar-refractivity contribution in [2.24, 2.45) is 0 Å². The first-order valence-corrected chi connectivity index (χ1v) is 6.88. The number of aromatic carboxylic acids is 1. The normalized spacial score (nSPS) is 17.4. The van der Waals surface area contributed by atoms with E-state index in [4.69, 9.17) is 5.11 Å². The molecule has 0 unspecified atom stereocenters. The summed E-state index contributed by atoms with van der Waals surface area (Å²) in [6.07, 6.45) is 0. The number of carbonyl (C=O) groups excluding carboxylic acids is 1. The van der Waals surface area contributed by atoms with Crippen molar-refractivity contribution >= 4 is 27.5 Å². The quantitative estimate of drug-likeness (QED) is 0.854. The van der Waals surface area contributed by atoms with Crippen molar-refractivity contribution in [2.45, 2.75) is 6.92 Å². The first-order chi connectivity index (χ1) is 8.36. The Balaban J connectivity index is 2.69. The Morgan fingerprint density at radius 3 is 2.67 bits per heavy atom. The van der Waals surface area contributed by atoms with Crippen LogP contribution in [0.1, 0.15) is 27.6 Å². The molecule has 0 radical (unpaired) electrons. The fourth-order valence-electron chi connectivity index (χ4n) is 1.95. The Kier molecular flexibility index (Phi) is 2.86. The highest BCUT2D eigenvalue weighted by atomic mass is 32.2. The van der Waals surface area contributed by atoms with E-state index >= 15 is 0 Å². The molecule has 2 rings (SSSR count). The third kappa shape index (κ3) is 1.86. The number of hydrogen-bond donors (Lipinski definition) is 1. The van der Waals surface area contributed by atoms with Crippen molar-refractivity contribution in [3.05, 3.63) is 29.3 Å². The van der Waals surface area contributed by atoms with Gasteiger partial charge in [-0.2, -0.15) is 0 Å². The van der Waals surface area contributed by atoms with E-state index in [1.54, 1.807) is 6.92 Å². The van der Waals surface area contributed by atoms with Gasteiger partial charge in [0.15, 0.2) is 5.78 Å². The van der Waals surface area contributed by atoms with E-state index in [-0.39, 0.29) is 23.4 Å². The molecule has 0 atom stereocenters. The number of hydrogen-bond acceptors (Lipinski definition) is 4. The van der Waals surface area contributed by atoms with Crippen molar-refractivity contribution in [1.82, 2.24) is 0 Å². The van der Waals surface area contributed by atoms with Crippen LogP contribution in [-0.4, -0.2) is 37.6 Å². The molecule has 7 heteroatoms. The van der Waals surface area contributed by atoms with Crippen LogP contribution in [0.4, 0.5) is 5.69 Å². The number of fused-ring (bicyclic) bond motifs is 1. The Morgan fingerprint density at radius 2 is 2.11 bits per heavy atom. The van der Waals surface area contributed by atoms with E-state index < -0.39 is 27.5 Å². The van der Waals surface area contributed by atoms with Gasteiger partial charge in [-0.3, -0.25) is 9.10 Å². The van der Waals surface area contributed by atoms with Crippen molar-refractivity contribution in [2.75, 3.05) is 16.6 Å². The standard InChI is InChI=1S/C11H11NO5S/c1-2-12-9-5-7(11(14)15)3-4-8(9)10(13)6-18(12,16)17/h3-5H,2,6H2,1H3,(H,14,15). The summed E-state index contributed by atoms with van der Waals surface area (Å²) in [7, 11) is -3.69. The maximum Gasteiger partial charge on any atom is 0.335 e. The van der Waals surface area contributed by atoms with Crippen LogP contribution in [0.25, 0.3) is 0 Å². The molecule has 1 N–H and O–H groups in total. The average molecular weight is 269 g/mol. The first kappa shape index (κ1) is 12.6. The third-order valence-corrected chi connectivity index (χ3v) is 4.50. The molecule has 0 fully saturated rings. The average Bonchev–Trinajstić information content (AvgIpc) is 2.27. The molecule has 0 aromatic heterocycles. The predicted molar refractivity (Wildman–Crippen MR) is 64.5 cm³/mol. The second-order valence-corrected chi connectivity index (χ2v) is 5.77. The zero-order valence-corrected chi connectivity index (χ0v) is 10.4. The number of ketones is 1.